The van der Waals surface area contributed by atoms with Crippen molar-refractivity contribution in [1.82, 2.24) is 9.97 Å². The second kappa shape index (κ2) is 4.61. The number of unbranched alkanes of at least 4 members (excludes halogenated alkanes) is 1. The number of hydrogen-bond donors (Lipinski definition) is 3. The molecule has 0 aliphatic rings. The van der Waals surface area contributed by atoms with Gasteiger partial charge in [0.1, 0.15) is 0 Å². The lowest BCUT2D eigenvalue weighted by Gasteiger charge is -1.97. The third-order valence-electron chi connectivity index (χ3n) is 1.75. The highest BCUT2D eigenvalue weighted by Gasteiger charge is 1.98. The smallest absolute Gasteiger partial charge is 0.325 e. The van der Waals surface area contributed by atoms with Crippen molar-refractivity contribution in [3.63, 3.8) is 0 Å². The molecule has 0 saturated heterocycles. The highest BCUT2D eigenvalue weighted by atomic mass is 16.2. The van der Waals surface area contributed by atoms with E-state index in [1.165, 1.54) is 6.20 Å². The van der Waals surface area contributed by atoms with Gasteiger partial charge in [-0.15, -0.1) is 0 Å². The van der Waals surface area contributed by atoms with Crippen LogP contribution in [0.25, 0.3) is 0 Å². The summed E-state index contributed by atoms with van der Waals surface area (Å²) in [6.07, 6.45) is 3.40. The van der Waals surface area contributed by atoms with Crippen molar-refractivity contribution in [2.45, 2.75) is 19.3 Å². The molecule has 0 atom stereocenters. The van der Waals surface area contributed by atoms with Crippen LogP contribution < -0.4 is 11.2 Å². The molecular weight excluding hydrogens is 172 g/mol. The van der Waals surface area contributed by atoms with Gasteiger partial charge in [-0.3, -0.25) is 9.78 Å². The molecule has 0 bridgehead atoms. The molecule has 72 valence electrons. The van der Waals surface area contributed by atoms with Gasteiger partial charge in [0.15, 0.2) is 0 Å². The molecule has 1 heterocycles. The number of hydrogen-bond acceptors (Lipinski definition) is 3. The largest absolute Gasteiger partial charge is 0.396 e. The monoisotopic (exact) mass is 184 g/mol. The van der Waals surface area contributed by atoms with Gasteiger partial charge in [-0.2, -0.15) is 0 Å². The molecular formula is C8H12N2O3. The third-order valence-corrected chi connectivity index (χ3v) is 1.75. The van der Waals surface area contributed by atoms with Gasteiger partial charge in [-0.1, -0.05) is 0 Å². The van der Waals surface area contributed by atoms with Gasteiger partial charge in [0.25, 0.3) is 5.56 Å². The van der Waals surface area contributed by atoms with E-state index in [2.05, 4.69) is 9.97 Å². The lowest BCUT2D eigenvalue weighted by Crippen LogP contribution is -2.24. The van der Waals surface area contributed by atoms with E-state index in [1.54, 1.807) is 0 Å². The first-order chi connectivity index (χ1) is 6.24. The van der Waals surface area contributed by atoms with Crippen molar-refractivity contribution in [3.05, 3.63) is 32.6 Å². The Kier molecular flexibility index (Phi) is 3.45. The Morgan fingerprint density at radius 2 is 2.08 bits per heavy atom. The van der Waals surface area contributed by atoms with Gasteiger partial charge in [-0.25, -0.2) is 4.79 Å². The number of aromatic nitrogens is 2. The predicted octanol–water partition coefficient (Wildman–Crippen LogP) is -0.622. The van der Waals surface area contributed by atoms with Gasteiger partial charge in [0.2, 0.25) is 0 Å². The minimum atomic E-state index is -0.490. The Bertz CT molecular complexity index is 366. The number of aliphatic hydroxyl groups excluding tert-OH is 1. The maximum Gasteiger partial charge on any atom is 0.325 e. The minimum absolute atomic E-state index is 0.126. The van der Waals surface area contributed by atoms with Gasteiger partial charge in [0.05, 0.1) is 0 Å². The quantitative estimate of drug-likeness (QED) is 0.545. The van der Waals surface area contributed by atoms with E-state index in [0.29, 0.717) is 18.4 Å². The fraction of sp³-hybridized carbons (Fsp3) is 0.500. The van der Waals surface area contributed by atoms with E-state index >= 15 is 0 Å². The Morgan fingerprint density at radius 3 is 2.69 bits per heavy atom. The molecule has 0 unspecified atom stereocenters. The molecule has 5 nitrogen and oxygen atoms in total. The van der Waals surface area contributed by atoms with Gasteiger partial charge in [-0.05, 0) is 19.3 Å². The molecule has 0 aliphatic heterocycles. The van der Waals surface area contributed by atoms with Crippen molar-refractivity contribution >= 4 is 0 Å². The predicted molar refractivity (Wildman–Crippen MR) is 47.7 cm³/mol. The minimum Gasteiger partial charge on any atom is -0.396 e. The van der Waals surface area contributed by atoms with Crippen LogP contribution in [0, 0.1) is 0 Å². The maximum absolute atomic E-state index is 11.1. The summed E-state index contributed by atoms with van der Waals surface area (Å²) in [6, 6.07) is 0. The lowest BCUT2D eigenvalue weighted by molar-refractivity contribution is 0.284. The fourth-order valence-electron chi connectivity index (χ4n) is 1.05. The van der Waals surface area contributed by atoms with Gasteiger partial charge in [0, 0.05) is 18.4 Å². The summed E-state index contributed by atoms with van der Waals surface area (Å²) in [7, 11) is 0. The second-order valence-electron chi connectivity index (χ2n) is 2.78. The standard InChI is InChI=1S/C8H12N2O3/c11-4-2-1-3-6-5-9-8(13)10-7(6)12/h5,11H,1-4H2,(H2,9,10,12,13). The first-order valence-electron chi connectivity index (χ1n) is 4.16. The normalized spacial score (nSPS) is 10.2. The van der Waals surface area contributed by atoms with E-state index in [-0.39, 0.29) is 12.2 Å². The van der Waals surface area contributed by atoms with Crippen molar-refractivity contribution < 1.29 is 5.11 Å². The summed E-state index contributed by atoms with van der Waals surface area (Å²) in [5.74, 6) is 0. The Morgan fingerprint density at radius 1 is 1.31 bits per heavy atom. The highest BCUT2D eigenvalue weighted by Crippen LogP contribution is 1.95. The molecule has 1 aromatic heterocycles. The topological polar surface area (TPSA) is 85.9 Å². The van der Waals surface area contributed by atoms with Gasteiger partial charge < -0.3 is 10.1 Å². The molecule has 0 spiro atoms. The first kappa shape index (κ1) is 9.73. The molecule has 1 rings (SSSR count). The molecule has 13 heavy (non-hydrogen) atoms. The molecule has 0 saturated carbocycles. The van der Waals surface area contributed by atoms with Crippen molar-refractivity contribution in [2.24, 2.45) is 0 Å². The van der Waals surface area contributed by atoms with E-state index in [4.69, 9.17) is 5.11 Å². The van der Waals surface area contributed by atoms with Crippen molar-refractivity contribution in [1.29, 1.82) is 0 Å². The molecule has 0 aromatic carbocycles. The molecule has 5 heteroatoms. The average Bonchev–Trinajstić information content (AvgIpc) is 2.09. The number of aliphatic hydroxyl groups is 1. The van der Waals surface area contributed by atoms with Crippen molar-refractivity contribution in [2.75, 3.05) is 6.61 Å². The van der Waals surface area contributed by atoms with E-state index < -0.39 is 5.69 Å². The van der Waals surface area contributed by atoms with E-state index in [1.807, 2.05) is 0 Å². The molecule has 0 aliphatic carbocycles. The van der Waals surface area contributed by atoms with Crippen LogP contribution in [0.2, 0.25) is 0 Å². The highest BCUT2D eigenvalue weighted by molar-refractivity contribution is 5.02. The fourth-order valence-corrected chi connectivity index (χ4v) is 1.05. The van der Waals surface area contributed by atoms with Crippen molar-refractivity contribution in [3.8, 4) is 0 Å². The van der Waals surface area contributed by atoms with Gasteiger partial charge >= 0.3 is 5.69 Å². The zero-order valence-electron chi connectivity index (χ0n) is 7.17. The van der Waals surface area contributed by atoms with Crippen LogP contribution in [0.5, 0.6) is 0 Å². The number of aryl methyl sites for hydroxylation is 1. The van der Waals surface area contributed by atoms with Crippen LogP contribution in [0.15, 0.2) is 15.8 Å². The van der Waals surface area contributed by atoms with Crippen LogP contribution in [0.1, 0.15) is 18.4 Å². The molecule has 3 N–H and O–H groups in total. The number of H-pyrrole nitrogens is 2. The lowest BCUT2D eigenvalue weighted by atomic mass is 10.1. The number of aromatic amines is 2. The van der Waals surface area contributed by atoms with Crippen LogP contribution in [0.4, 0.5) is 0 Å². The summed E-state index contributed by atoms with van der Waals surface area (Å²) in [4.78, 5) is 26.2. The summed E-state index contributed by atoms with van der Waals surface area (Å²) in [5.41, 5.74) is -0.286. The molecule has 0 fully saturated rings. The zero-order chi connectivity index (χ0) is 9.68. The maximum atomic E-state index is 11.1. The Balaban J connectivity index is 2.67. The van der Waals surface area contributed by atoms with Crippen LogP contribution in [-0.4, -0.2) is 21.7 Å². The molecule has 0 amide bonds. The summed E-state index contributed by atoms with van der Waals surface area (Å²) < 4.78 is 0. The second-order valence-corrected chi connectivity index (χ2v) is 2.78. The number of rotatable bonds is 4. The average molecular weight is 184 g/mol. The Hall–Kier alpha value is -1.36. The van der Waals surface area contributed by atoms with E-state index in [9.17, 15) is 9.59 Å². The zero-order valence-corrected chi connectivity index (χ0v) is 7.17. The van der Waals surface area contributed by atoms with Crippen LogP contribution >= 0.6 is 0 Å². The summed E-state index contributed by atoms with van der Waals surface area (Å²) in [6.45, 7) is 0.126. The SMILES string of the molecule is O=c1[nH]cc(CCCCO)c(=O)[nH]1. The van der Waals surface area contributed by atoms with E-state index in [0.717, 1.165) is 6.42 Å². The Labute approximate surface area is 74.4 Å². The molecule has 0 radical (unpaired) electrons. The van der Waals surface area contributed by atoms with Crippen LogP contribution in [-0.2, 0) is 6.42 Å². The summed E-state index contributed by atoms with van der Waals surface area (Å²) in [5, 5.41) is 8.51. The third kappa shape index (κ3) is 2.87. The molecule has 1 aromatic rings. The first-order valence-corrected chi connectivity index (χ1v) is 4.16. The summed E-state index contributed by atoms with van der Waals surface area (Å²) >= 11 is 0. The number of nitrogens with one attached hydrogen (secondary N) is 2. The van der Waals surface area contributed by atoms with Crippen LogP contribution in [0.3, 0.4) is 0 Å².